The predicted molar refractivity (Wildman–Crippen MR) is 104 cm³/mol. The Morgan fingerprint density at radius 2 is 1.78 bits per heavy atom. The molecule has 136 valence electrons. The van der Waals surface area contributed by atoms with Gasteiger partial charge in [0.05, 0.1) is 10.3 Å². The van der Waals surface area contributed by atoms with E-state index in [1.165, 1.54) is 12.1 Å². The molecule has 1 aromatic heterocycles. The molecule has 1 heterocycles. The van der Waals surface area contributed by atoms with Crippen molar-refractivity contribution in [2.24, 2.45) is 0 Å². The minimum atomic E-state index is -0.494. The smallest absolute Gasteiger partial charge is 0.310 e. The fraction of sp³-hybridized carbons (Fsp3) is 0.150. The van der Waals surface area contributed by atoms with E-state index in [1.807, 2.05) is 25.1 Å². The Morgan fingerprint density at radius 1 is 1.07 bits per heavy atom. The maximum Gasteiger partial charge on any atom is 0.310 e. The van der Waals surface area contributed by atoms with Crippen LogP contribution in [0.25, 0.3) is 11.0 Å². The molecule has 0 amide bonds. The second-order valence-electron chi connectivity index (χ2n) is 5.59. The summed E-state index contributed by atoms with van der Waals surface area (Å²) >= 11 is 5.11. The molecule has 2 aromatic carbocycles. The number of hydrogen-bond acceptors (Lipinski definition) is 6. The van der Waals surface area contributed by atoms with Crippen LogP contribution < -0.4 is 9.47 Å². The molecule has 27 heavy (non-hydrogen) atoms. The largest absolute Gasteiger partial charge is 0.480 e. The number of para-hydroxylation sites is 2. The van der Waals surface area contributed by atoms with Gasteiger partial charge in [-0.05, 0) is 37.3 Å². The summed E-state index contributed by atoms with van der Waals surface area (Å²) in [5, 5.41) is 11.7. The van der Waals surface area contributed by atoms with Crippen molar-refractivity contribution in [3.8, 4) is 23.3 Å². The highest BCUT2D eigenvalue weighted by Crippen LogP contribution is 2.27. The molecule has 0 aliphatic rings. The molecule has 0 aliphatic heterocycles. The maximum atomic E-state index is 10.9. The minimum Gasteiger partial charge on any atom is -0.480 e. The van der Waals surface area contributed by atoms with Crippen LogP contribution in [0.1, 0.15) is 5.56 Å². The molecule has 0 atom stereocenters. The quantitative estimate of drug-likeness (QED) is 0.272. The number of nitro groups is 1. The lowest BCUT2D eigenvalue weighted by atomic mass is 10.1. The Bertz CT molecular complexity index is 1110. The van der Waals surface area contributed by atoms with E-state index in [9.17, 15) is 10.1 Å². The Balaban J connectivity index is 1.63. The van der Waals surface area contributed by atoms with Gasteiger partial charge in [0.15, 0.2) is 10.5 Å². The minimum absolute atomic E-state index is 0.0183. The molecular weight excluding hydrogens is 366 g/mol. The van der Waals surface area contributed by atoms with Crippen LogP contribution in [0.3, 0.4) is 0 Å². The lowest BCUT2D eigenvalue weighted by molar-refractivity contribution is -0.385. The van der Waals surface area contributed by atoms with Crippen LogP contribution in [0.15, 0.2) is 52.9 Å². The second kappa shape index (κ2) is 8.34. The molecule has 0 bridgehead atoms. The molecule has 0 saturated heterocycles. The molecule has 0 aliphatic carbocycles. The zero-order valence-electron chi connectivity index (χ0n) is 14.4. The van der Waals surface area contributed by atoms with E-state index in [1.54, 1.807) is 18.2 Å². The van der Waals surface area contributed by atoms with Crippen LogP contribution in [0.5, 0.6) is 11.5 Å². The van der Waals surface area contributed by atoms with Gasteiger partial charge in [0, 0.05) is 12.1 Å². The Kier molecular flexibility index (Phi) is 5.69. The van der Waals surface area contributed by atoms with Crippen molar-refractivity contribution < 1.29 is 18.8 Å². The monoisotopic (exact) mass is 381 g/mol. The average Bonchev–Trinajstić information content (AvgIpc) is 2.65. The van der Waals surface area contributed by atoms with Crippen LogP contribution in [0.4, 0.5) is 5.69 Å². The lowest BCUT2D eigenvalue weighted by Crippen LogP contribution is -2.00. The molecule has 0 saturated carbocycles. The van der Waals surface area contributed by atoms with Gasteiger partial charge in [-0.25, -0.2) is 0 Å². The first-order valence-electron chi connectivity index (χ1n) is 8.04. The Labute approximate surface area is 160 Å². The molecule has 6 nitrogen and oxygen atoms in total. The van der Waals surface area contributed by atoms with Gasteiger partial charge in [-0.15, -0.1) is 0 Å². The number of ether oxygens (including phenoxy) is 2. The number of fused-ring (bicyclic) bond motifs is 1. The van der Waals surface area contributed by atoms with Crippen molar-refractivity contribution in [3.05, 3.63) is 68.9 Å². The SMILES string of the molecule is Cc1ccc2oc(=S)cc(OCC#CCOc3ccccc3[N+](=O)[O-])c2c1. The summed E-state index contributed by atoms with van der Waals surface area (Å²) in [5.41, 5.74) is 1.63. The molecule has 0 unspecified atom stereocenters. The zero-order chi connectivity index (χ0) is 19.2. The van der Waals surface area contributed by atoms with Gasteiger partial charge in [0.2, 0.25) is 0 Å². The molecule has 0 radical (unpaired) electrons. The first kappa shape index (κ1) is 18.4. The van der Waals surface area contributed by atoms with E-state index in [-0.39, 0.29) is 24.7 Å². The van der Waals surface area contributed by atoms with E-state index in [0.717, 1.165) is 10.9 Å². The third kappa shape index (κ3) is 4.63. The molecule has 3 rings (SSSR count). The number of rotatable bonds is 5. The highest BCUT2D eigenvalue weighted by Gasteiger charge is 2.12. The van der Waals surface area contributed by atoms with Gasteiger partial charge in [-0.3, -0.25) is 10.1 Å². The van der Waals surface area contributed by atoms with Gasteiger partial charge in [-0.1, -0.05) is 35.6 Å². The van der Waals surface area contributed by atoms with E-state index in [2.05, 4.69) is 11.8 Å². The zero-order valence-corrected chi connectivity index (χ0v) is 15.2. The summed E-state index contributed by atoms with van der Waals surface area (Å²) in [4.78, 5) is 10.4. The first-order valence-corrected chi connectivity index (χ1v) is 8.44. The maximum absolute atomic E-state index is 10.9. The van der Waals surface area contributed by atoms with Gasteiger partial charge < -0.3 is 13.9 Å². The van der Waals surface area contributed by atoms with Crippen LogP contribution in [0.2, 0.25) is 0 Å². The van der Waals surface area contributed by atoms with E-state index < -0.39 is 4.92 Å². The fourth-order valence-electron chi connectivity index (χ4n) is 2.43. The van der Waals surface area contributed by atoms with Crippen molar-refractivity contribution >= 4 is 28.9 Å². The number of aryl methyl sites for hydroxylation is 1. The second-order valence-corrected chi connectivity index (χ2v) is 5.99. The summed E-state index contributed by atoms with van der Waals surface area (Å²) < 4.78 is 16.9. The Morgan fingerprint density at radius 3 is 2.52 bits per heavy atom. The molecule has 3 aromatic rings. The summed E-state index contributed by atoms with van der Waals surface area (Å²) in [7, 11) is 0. The average molecular weight is 381 g/mol. The van der Waals surface area contributed by atoms with Gasteiger partial charge >= 0.3 is 5.69 Å². The lowest BCUT2D eigenvalue weighted by Gasteiger charge is -2.06. The van der Waals surface area contributed by atoms with Crippen LogP contribution in [0, 0.1) is 33.6 Å². The van der Waals surface area contributed by atoms with Crippen molar-refractivity contribution in [1.29, 1.82) is 0 Å². The number of benzene rings is 2. The standard InChI is InChI=1S/C20H15NO5S/c1-14-8-9-17-15(12-14)19(13-20(27)26-17)25-11-5-4-10-24-18-7-3-2-6-16(18)21(22)23/h2-3,6-9,12-13H,10-11H2,1H3. The van der Waals surface area contributed by atoms with E-state index in [4.69, 9.17) is 26.1 Å². The van der Waals surface area contributed by atoms with Crippen molar-refractivity contribution in [2.75, 3.05) is 13.2 Å². The van der Waals surface area contributed by atoms with Crippen molar-refractivity contribution in [2.45, 2.75) is 6.92 Å². The van der Waals surface area contributed by atoms with Gasteiger partial charge in [0.25, 0.3) is 0 Å². The molecule has 0 spiro atoms. The number of hydrogen-bond donors (Lipinski definition) is 0. The van der Waals surface area contributed by atoms with Crippen LogP contribution in [-0.2, 0) is 0 Å². The van der Waals surface area contributed by atoms with Gasteiger partial charge in [0.1, 0.15) is 24.5 Å². The molecule has 0 fully saturated rings. The van der Waals surface area contributed by atoms with Gasteiger partial charge in [-0.2, -0.15) is 0 Å². The van der Waals surface area contributed by atoms with Crippen LogP contribution in [-0.4, -0.2) is 18.1 Å². The van der Waals surface area contributed by atoms with E-state index >= 15 is 0 Å². The third-order valence-electron chi connectivity index (χ3n) is 3.65. The molecular formula is C20H15NO5S. The Hall–Kier alpha value is -3.37. The topological polar surface area (TPSA) is 74.7 Å². The summed E-state index contributed by atoms with van der Waals surface area (Å²) in [6, 6.07) is 13.5. The highest BCUT2D eigenvalue weighted by atomic mass is 32.1. The number of nitrogens with zero attached hydrogens (tertiary/aromatic N) is 1. The normalized spacial score (nSPS) is 10.1. The van der Waals surface area contributed by atoms with Crippen LogP contribution >= 0.6 is 12.2 Å². The van der Waals surface area contributed by atoms with E-state index in [0.29, 0.717) is 16.0 Å². The summed E-state index contributed by atoms with van der Waals surface area (Å²) in [6.45, 7) is 2.12. The predicted octanol–water partition coefficient (Wildman–Crippen LogP) is 4.84. The summed E-state index contributed by atoms with van der Waals surface area (Å²) in [5.74, 6) is 6.37. The third-order valence-corrected chi connectivity index (χ3v) is 3.85. The number of nitro benzene ring substituents is 1. The molecule has 7 heteroatoms. The van der Waals surface area contributed by atoms with Crippen molar-refractivity contribution in [3.63, 3.8) is 0 Å². The fourth-order valence-corrected chi connectivity index (χ4v) is 2.62. The molecule has 0 N–H and O–H groups in total. The van der Waals surface area contributed by atoms with Crippen molar-refractivity contribution in [1.82, 2.24) is 0 Å². The first-order chi connectivity index (χ1) is 13.0. The summed E-state index contributed by atoms with van der Waals surface area (Å²) in [6.07, 6.45) is 0. The highest BCUT2D eigenvalue weighted by molar-refractivity contribution is 7.71.